The molecule has 1 aromatic heterocycles. The molecular formula is C22H20Br2N2O3S. The molecule has 156 valence electrons. The first-order chi connectivity index (χ1) is 14.3. The Bertz CT molecular complexity index is 1080. The molecule has 5 nitrogen and oxygen atoms in total. The molecule has 4 unspecified atom stereocenters. The van der Waals surface area contributed by atoms with Gasteiger partial charge in [-0.15, -0.1) is 11.3 Å². The molecule has 3 aliphatic rings. The van der Waals surface area contributed by atoms with Gasteiger partial charge in [-0.3, -0.25) is 14.5 Å². The SMILES string of the molecule is Cc1nc(N2C(=O)C3=C(C(=O)C4CC(Br)CCC4O3)C2c2cccc(Br)c2)sc1C. The van der Waals surface area contributed by atoms with Crippen LogP contribution in [0.3, 0.4) is 0 Å². The second-order valence-corrected chi connectivity index (χ2v) is 11.4. The van der Waals surface area contributed by atoms with E-state index >= 15 is 0 Å². The van der Waals surface area contributed by atoms with Crippen molar-refractivity contribution in [2.45, 2.75) is 50.1 Å². The summed E-state index contributed by atoms with van der Waals surface area (Å²) in [6.45, 7) is 3.93. The van der Waals surface area contributed by atoms with Crippen molar-refractivity contribution >= 4 is 60.0 Å². The van der Waals surface area contributed by atoms with E-state index in [9.17, 15) is 9.59 Å². The first-order valence-electron chi connectivity index (χ1n) is 9.97. The monoisotopic (exact) mass is 550 g/mol. The molecule has 4 atom stereocenters. The molecule has 5 rings (SSSR count). The second kappa shape index (κ2) is 7.57. The summed E-state index contributed by atoms with van der Waals surface area (Å²) in [4.78, 5) is 34.9. The summed E-state index contributed by atoms with van der Waals surface area (Å²) >= 11 is 8.67. The van der Waals surface area contributed by atoms with E-state index in [1.807, 2.05) is 38.1 Å². The maximum Gasteiger partial charge on any atom is 0.296 e. The van der Waals surface area contributed by atoms with Crippen molar-refractivity contribution in [1.82, 2.24) is 4.98 Å². The molecule has 1 fully saturated rings. The van der Waals surface area contributed by atoms with E-state index in [1.165, 1.54) is 11.3 Å². The van der Waals surface area contributed by atoms with Crippen molar-refractivity contribution in [3.63, 3.8) is 0 Å². The van der Waals surface area contributed by atoms with Crippen molar-refractivity contribution in [1.29, 1.82) is 0 Å². The quantitative estimate of drug-likeness (QED) is 0.469. The Morgan fingerprint density at radius 2 is 2.03 bits per heavy atom. The van der Waals surface area contributed by atoms with Crippen molar-refractivity contribution in [3.8, 4) is 0 Å². The highest BCUT2D eigenvalue weighted by Gasteiger charge is 2.53. The number of aromatic nitrogens is 1. The van der Waals surface area contributed by atoms with Crippen LogP contribution in [0.2, 0.25) is 0 Å². The summed E-state index contributed by atoms with van der Waals surface area (Å²) in [5, 5.41) is 0.604. The van der Waals surface area contributed by atoms with Gasteiger partial charge in [-0.2, -0.15) is 0 Å². The third-order valence-corrected chi connectivity index (χ3v) is 8.57. The number of rotatable bonds is 2. The predicted octanol–water partition coefficient (Wildman–Crippen LogP) is 5.40. The first-order valence-corrected chi connectivity index (χ1v) is 12.5. The van der Waals surface area contributed by atoms with Crippen LogP contribution in [0, 0.1) is 19.8 Å². The van der Waals surface area contributed by atoms with E-state index in [1.54, 1.807) is 4.90 Å². The number of halogens is 2. The molecule has 3 heterocycles. The van der Waals surface area contributed by atoms with Crippen LogP contribution < -0.4 is 4.90 Å². The molecule has 0 saturated heterocycles. The number of aryl methyl sites for hydroxylation is 2. The van der Waals surface area contributed by atoms with Gasteiger partial charge in [0.05, 0.1) is 23.2 Å². The van der Waals surface area contributed by atoms with Gasteiger partial charge in [0.1, 0.15) is 6.10 Å². The fourth-order valence-electron chi connectivity index (χ4n) is 4.56. The van der Waals surface area contributed by atoms with Crippen LogP contribution in [-0.2, 0) is 14.3 Å². The lowest BCUT2D eigenvalue weighted by atomic mass is 9.77. The molecule has 8 heteroatoms. The number of amides is 1. The molecule has 1 aromatic carbocycles. The van der Waals surface area contributed by atoms with Crippen molar-refractivity contribution < 1.29 is 14.3 Å². The molecule has 1 saturated carbocycles. The standard InChI is InChI=1S/C22H20Br2N2O3S/c1-10-11(2)30-22(25-10)26-18(12-4-3-5-13(23)8-12)17-19(27)15-9-14(24)6-7-16(15)29-20(17)21(26)28/h3-5,8,14-16,18H,6-7,9H2,1-2H3. The number of carbonyl (C=O) groups is 2. The van der Waals surface area contributed by atoms with Crippen LogP contribution in [0.4, 0.5) is 5.13 Å². The predicted molar refractivity (Wildman–Crippen MR) is 123 cm³/mol. The van der Waals surface area contributed by atoms with E-state index in [4.69, 9.17) is 4.74 Å². The molecule has 0 spiro atoms. The number of fused-ring (bicyclic) bond motifs is 1. The zero-order valence-electron chi connectivity index (χ0n) is 16.5. The normalized spacial score (nSPS) is 28.5. The first kappa shape index (κ1) is 20.4. The van der Waals surface area contributed by atoms with Crippen molar-refractivity contribution in [2.24, 2.45) is 5.92 Å². The molecular weight excluding hydrogens is 532 g/mol. The highest BCUT2D eigenvalue weighted by Crippen LogP contribution is 2.49. The van der Waals surface area contributed by atoms with Crippen LogP contribution >= 0.6 is 43.2 Å². The number of hydrogen-bond acceptors (Lipinski definition) is 5. The van der Waals surface area contributed by atoms with E-state index < -0.39 is 6.04 Å². The summed E-state index contributed by atoms with van der Waals surface area (Å²) in [5.41, 5.74) is 2.24. The number of hydrogen-bond donors (Lipinski definition) is 0. The van der Waals surface area contributed by atoms with Gasteiger partial charge in [0, 0.05) is 14.2 Å². The third kappa shape index (κ3) is 3.19. The lowest BCUT2D eigenvalue weighted by Gasteiger charge is -2.37. The average Bonchev–Trinajstić information content (AvgIpc) is 3.19. The van der Waals surface area contributed by atoms with Crippen LogP contribution in [-0.4, -0.2) is 27.6 Å². The summed E-state index contributed by atoms with van der Waals surface area (Å²) in [5.74, 6) is -0.235. The Morgan fingerprint density at radius 1 is 1.23 bits per heavy atom. The summed E-state index contributed by atoms with van der Waals surface area (Å²) in [6.07, 6.45) is 2.22. The number of thiazole rings is 1. The van der Waals surface area contributed by atoms with Crippen LogP contribution in [0.5, 0.6) is 0 Å². The zero-order valence-corrected chi connectivity index (χ0v) is 20.5. The Hall–Kier alpha value is -1.51. The highest BCUT2D eigenvalue weighted by atomic mass is 79.9. The number of Topliss-reactive ketones (excluding diaryl/α,β-unsaturated/α-hetero) is 1. The zero-order chi connectivity index (χ0) is 21.2. The number of carbonyl (C=O) groups excluding carboxylic acids is 2. The second-order valence-electron chi connectivity index (χ2n) is 8.05. The summed E-state index contributed by atoms with van der Waals surface area (Å²) in [6, 6.07) is 7.24. The molecule has 1 aliphatic carbocycles. The Balaban J connectivity index is 1.66. The van der Waals surface area contributed by atoms with Gasteiger partial charge < -0.3 is 4.74 Å². The van der Waals surface area contributed by atoms with E-state index in [0.717, 1.165) is 39.9 Å². The molecule has 1 amide bonds. The van der Waals surface area contributed by atoms with Gasteiger partial charge in [0.25, 0.3) is 5.91 Å². The van der Waals surface area contributed by atoms with Gasteiger partial charge in [-0.1, -0.05) is 44.0 Å². The third-order valence-electron chi connectivity index (χ3n) is 6.17. The largest absolute Gasteiger partial charge is 0.483 e. The van der Waals surface area contributed by atoms with Crippen LogP contribution in [0.1, 0.15) is 41.4 Å². The minimum Gasteiger partial charge on any atom is -0.483 e. The topological polar surface area (TPSA) is 59.5 Å². The minimum absolute atomic E-state index is 0.0382. The van der Waals surface area contributed by atoms with Gasteiger partial charge in [0.15, 0.2) is 16.7 Å². The number of ketones is 1. The molecule has 2 aromatic rings. The number of ether oxygens (including phenoxy) is 1. The highest BCUT2D eigenvalue weighted by molar-refractivity contribution is 9.10. The maximum absolute atomic E-state index is 13.7. The summed E-state index contributed by atoms with van der Waals surface area (Å²) in [7, 11) is 0. The summed E-state index contributed by atoms with van der Waals surface area (Å²) < 4.78 is 7.12. The molecule has 0 N–H and O–H groups in total. The van der Waals surface area contributed by atoms with Gasteiger partial charge >= 0.3 is 0 Å². The van der Waals surface area contributed by atoms with Gasteiger partial charge in [-0.25, -0.2) is 4.98 Å². The number of alkyl halides is 1. The van der Waals surface area contributed by atoms with E-state index in [2.05, 4.69) is 36.8 Å². The van der Waals surface area contributed by atoms with Gasteiger partial charge in [-0.05, 0) is 50.8 Å². The Morgan fingerprint density at radius 3 is 2.73 bits per heavy atom. The smallest absolute Gasteiger partial charge is 0.296 e. The number of nitrogens with zero attached hydrogens (tertiary/aromatic N) is 2. The van der Waals surface area contributed by atoms with Gasteiger partial charge in [0.2, 0.25) is 0 Å². The number of anilines is 1. The Labute approximate surface area is 195 Å². The molecule has 0 bridgehead atoms. The molecule has 0 radical (unpaired) electrons. The fraction of sp³-hybridized carbons (Fsp3) is 0.409. The van der Waals surface area contributed by atoms with Crippen LogP contribution in [0.15, 0.2) is 40.1 Å². The minimum atomic E-state index is -0.529. The fourth-order valence-corrected chi connectivity index (χ4v) is 6.58. The Kier molecular flexibility index (Phi) is 5.14. The lowest BCUT2D eigenvalue weighted by Crippen LogP contribution is -2.41. The van der Waals surface area contributed by atoms with Crippen molar-refractivity contribution in [2.75, 3.05) is 4.90 Å². The maximum atomic E-state index is 13.7. The number of benzene rings is 1. The van der Waals surface area contributed by atoms with Crippen molar-refractivity contribution in [3.05, 3.63) is 56.2 Å². The van der Waals surface area contributed by atoms with Crippen LogP contribution in [0.25, 0.3) is 0 Å². The lowest BCUT2D eigenvalue weighted by molar-refractivity contribution is -0.131. The average molecular weight is 552 g/mol. The molecule has 2 aliphatic heterocycles. The van der Waals surface area contributed by atoms with E-state index in [0.29, 0.717) is 15.5 Å². The molecule has 30 heavy (non-hydrogen) atoms. The van der Waals surface area contributed by atoms with E-state index in [-0.39, 0.29) is 29.5 Å².